The van der Waals surface area contributed by atoms with Crippen LogP contribution in [0, 0.1) is 13.8 Å². The number of aryl methyl sites for hydroxylation is 1. The third-order valence-electron chi connectivity index (χ3n) is 7.71. The molecule has 1 aliphatic rings. The Morgan fingerprint density at radius 2 is 1.59 bits per heavy atom. The first kappa shape index (κ1) is 30.6. The molecule has 1 aliphatic carbocycles. The monoisotopic (exact) mass is 595 g/mol. The van der Waals surface area contributed by atoms with Crippen molar-refractivity contribution < 1.29 is 18.0 Å². The van der Waals surface area contributed by atoms with Gasteiger partial charge in [-0.3, -0.25) is 13.9 Å². The summed E-state index contributed by atoms with van der Waals surface area (Å²) in [6, 6.07) is 20.0. The van der Waals surface area contributed by atoms with Crippen LogP contribution < -0.4 is 9.62 Å². The second-order valence-corrected chi connectivity index (χ2v) is 13.0. The molecule has 1 fully saturated rings. The van der Waals surface area contributed by atoms with Gasteiger partial charge in [0.1, 0.15) is 12.6 Å². The van der Waals surface area contributed by atoms with E-state index in [1.54, 1.807) is 50.2 Å². The maximum atomic E-state index is 14.1. The zero-order valence-electron chi connectivity index (χ0n) is 23.8. The number of nitrogens with one attached hydrogen (secondary N) is 1. The molecule has 7 nitrogen and oxygen atoms in total. The van der Waals surface area contributed by atoms with Crippen LogP contribution in [-0.4, -0.2) is 43.8 Å². The molecule has 1 N–H and O–H groups in total. The van der Waals surface area contributed by atoms with Crippen molar-refractivity contribution in [1.82, 2.24) is 10.2 Å². The molecule has 0 saturated heterocycles. The van der Waals surface area contributed by atoms with Gasteiger partial charge in [0, 0.05) is 17.6 Å². The summed E-state index contributed by atoms with van der Waals surface area (Å²) in [5, 5.41) is 3.51. The quantitative estimate of drug-likeness (QED) is 0.311. The van der Waals surface area contributed by atoms with E-state index in [-0.39, 0.29) is 23.4 Å². The molecule has 0 spiro atoms. The minimum absolute atomic E-state index is 0.0559. The standard InChI is InChI=1S/C32H38ClN3O4S/c1-23-17-19-26(20-18-23)21-35(25(3)32(38)34-27-11-6-4-7-12-27)31(37)22-36(30-16-10-15-29(33)24(30)2)41(39,40)28-13-8-5-9-14-28/h5,8-10,13-20,25,27H,4,6-7,11-12,21-22H2,1-3H3,(H,34,38)/t25-/m1/s1. The van der Waals surface area contributed by atoms with Crippen molar-refractivity contribution in [2.24, 2.45) is 0 Å². The molecule has 1 atom stereocenters. The van der Waals surface area contributed by atoms with Crippen LogP contribution in [0.5, 0.6) is 0 Å². The van der Waals surface area contributed by atoms with Crippen LogP contribution in [0.4, 0.5) is 5.69 Å². The molecule has 3 aromatic rings. The highest BCUT2D eigenvalue weighted by Gasteiger charge is 2.34. The van der Waals surface area contributed by atoms with Crippen LogP contribution in [0.3, 0.4) is 0 Å². The van der Waals surface area contributed by atoms with Gasteiger partial charge in [0.25, 0.3) is 10.0 Å². The number of carbonyl (C=O) groups is 2. The molecule has 0 heterocycles. The van der Waals surface area contributed by atoms with Gasteiger partial charge in [-0.2, -0.15) is 0 Å². The molecule has 0 unspecified atom stereocenters. The summed E-state index contributed by atoms with van der Waals surface area (Å²) in [6.45, 7) is 5.06. The molecule has 0 radical (unpaired) electrons. The first-order valence-corrected chi connectivity index (χ1v) is 15.9. The molecule has 1 saturated carbocycles. The number of halogens is 1. The molecule has 0 aromatic heterocycles. The third-order valence-corrected chi connectivity index (χ3v) is 9.89. The average Bonchev–Trinajstić information content (AvgIpc) is 2.97. The summed E-state index contributed by atoms with van der Waals surface area (Å²) >= 11 is 6.39. The Morgan fingerprint density at radius 3 is 2.24 bits per heavy atom. The molecule has 4 rings (SSSR count). The van der Waals surface area contributed by atoms with Gasteiger partial charge in [0.05, 0.1) is 10.6 Å². The van der Waals surface area contributed by atoms with E-state index >= 15 is 0 Å². The van der Waals surface area contributed by atoms with Crippen molar-refractivity contribution in [3.63, 3.8) is 0 Å². The average molecular weight is 596 g/mol. The van der Waals surface area contributed by atoms with Gasteiger partial charge >= 0.3 is 0 Å². The summed E-state index contributed by atoms with van der Waals surface area (Å²) < 4.78 is 29.0. The summed E-state index contributed by atoms with van der Waals surface area (Å²) in [6.07, 6.45) is 5.13. The molecule has 218 valence electrons. The molecular weight excluding hydrogens is 558 g/mol. The Labute approximate surface area is 248 Å². The maximum Gasteiger partial charge on any atom is 0.264 e. The van der Waals surface area contributed by atoms with E-state index in [2.05, 4.69) is 5.32 Å². The van der Waals surface area contributed by atoms with Crippen LogP contribution in [0.25, 0.3) is 0 Å². The fourth-order valence-electron chi connectivity index (χ4n) is 5.14. The van der Waals surface area contributed by atoms with Gasteiger partial charge in [-0.25, -0.2) is 8.42 Å². The van der Waals surface area contributed by atoms with Gasteiger partial charge in [0.2, 0.25) is 11.8 Å². The van der Waals surface area contributed by atoms with Gasteiger partial charge in [-0.1, -0.05) is 85.0 Å². The molecule has 2 amide bonds. The predicted octanol–water partition coefficient (Wildman–Crippen LogP) is 6.02. The molecule has 41 heavy (non-hydrogen) atoms. The molecule has 0 aliphatic heterocycles. The SMILES string of the molecule is Cc1ccc(CN(C(=O)CN(c2cccc(Cl)c2C)S(=O)(=O)c2ccccc2)[C@H](C)C(=O)NC2CCCCC2)cc1. The summed E-state index contributed by atoms with van der Waals surface area (Å²) in [7, 11) is -4.14. The summed E-state index contributed by atoms with van der Waals surface area (Å²) in [5.74, 6) is -0.732. The Morgan fingerprint density at radius 1 is 0.927 bits per heavy atom. The lowest BCUT2D eigenvalue weighted by molar-refractivity contribution is -0.139. The van der Waals surface area contributed by atoms with Crippen molar-refractivity contribution in [2.45, 2.75) is 76.4 Å². The fraction of sp³-hybridized carbons (Fsp3) is 0.375. The molecular formula is C32H38ClN3O4S. The minimum Gasteiger partial charge on any atom is -0.352 e. The minimum atomic E-state index is -4.14. The number of rotatable bonds is 10. The number of carbonyl (C=O) groups excluding carboxylic acids is 2. The molecule has 0 bridgehead atoms. The number of amides is 2. The van der Waals surface area contributed by atoms with E-state index in [4.69, 9.17) is 11.6 Å². The Bertz CT molecular complexity index is 1460. The van der Waals surface area contributed by atoms with Crippen molar-refractivity contribution in [1.29, 1.82) is 0 Å². The topological polar surface area (TPSA) is 86.8 Å². The van der Waals surface area contributed by atoms with E-state index in [0.29, 0.717) is 16.3 Å². The number of anilines is 1. The predicted molar refractivity (Wildman–Crippen MR) is 163 cm³/mol. The first-order valence-electron chi connectivity index (χ1n) is 14.1. The Balaban J connectivity index is 1.69. The molecule has 3 aromatic carbocycles. The number of hydrogen-bond acceptors (Lipinski definition) is 4. The van der Waals surface area contributed by atoms with Gasteiger partial charge in [0.15, 0.2) is 0 Å². The highest BCUT2D eigenvalue weighted by molar-refractivity contribution is 7.92. The van der Waals surface area contributed by atoms with E-state index in [0.717, 1.165) is 47.5 Å². The van der Waals surface area contributed by atoms with Gasteiger partial charge < -0.3 is 10.2 Å². The zero-order chi connectivity index (χ0) is 29.6. The Hall–Kier alpha value is -3.36. The van der Waals surface area contributed by atoms with E-state index in [9.17, 15) is 18.0 Å². The number of nitrogens with zero attached hydrogens (tertiary/aromatic N) is 2. The number of benzene rings is 3. The summed E-state index contributed by atoms with van der Waals surface area (Å²) in [5.41, 5.74) is 2.77. The van der Waals surface area contributed by atoms with Crippen LogP contribution in [0.15, 0.2) is 77.7 Å². The molecule has 9 heteroatoms. The smallest absolute Gasteiger partial charge is 0.264 e. The second-order valence-electron chi connectivity index (χ2n) is 10.7. The number of sulfonamides is 1. The largest absolute Gasteiger partial charge is 0.352 e. The first-order chi connectivity index (χ1) is 19.6. The van der Waals surface area contributed by atoms with Crippen LogP contribution in [-0.2, 0) is 26.2 Å². The lowest BCUT2D eigenvalue weighted by Gasteiger charge is -2.33. The lowest BCUT2D eigenvalue weighted by atomic mass is 9.95. The highest BCUT2D eigenvalue weighted by Crippen LogP contribution is 2.31. The normalized spacial score (nSPS) is 14.7. The third kappa shape index (κ3) is 7.49. The van der Waals surface area contributed by atoms with E-state index in [1.165, 1.54) is 17.0 Å². The van der Waals surface area contributed by atoms with Crippen molar-refractivity contribution in [3.8, 4) is 0 Å². The van der Waals surface area contributed by atoms with E-state index < -0.39 is 28.5 Å². The van der Waals surface area contributed by atoms with Crippen molar-refractivity contribution >= 4 is 39.1 Å². The second kappa shape index (κ2) is 13.5. The highest BCUT2D eigenvalue weighted by atomic mass is 35.5. The Kier molecular flexibility index (Phi) is 10.1. The van der Waals surface area contributed by atoms with Crippen LogP contribution in [0.1, 0.15) is 55.7 Å². The van der Waals surface area contributed by atoms with Gasteiger partial charge in [-0.15, -0.1) is 0 Å². The van der Waals surface area contributed by atoms with Crippen LogP contribution in [0.2, 0.25) is 5.02 Å². The van der Waals surface area contributed by atoms with Crippen molar-refractivity contribution in [3.05, 3.63) is 94.5 Å². The maximum absolute atomic E-state index is 14.1. The van der Waals surface area contributed by atoms with Gasteiger partial charge in [-0.05, 0) is 69.0 Å². The lowest BCUT2D eigenvalue weighted by Crippen LogP contribution is -2.53. The van der Waals surface area contributed by atoms with Crippen molar-refractivity contribution in [2.75, 3.05) is 10.8 Å². The zero-order valence-corrected chi connectivity index (χ0v) is 25.4. The van der Waals surface area contributed by atoms with E-state index in [1.807, 2.05) is 31.2 Å². The van der Waals surface area contributed by atoms with Crippen LogP contribution >= 0.6 is 11.6 Å². The fourth-order valence-corrected chi connectivity index (χ4v) is 6.80. The summed E-state index contributed by atoms with van der Waals surface area (Å²) in [4.78, 5) is 29.1. The number of hydrogen-bond donors (Lipinski definition) is 1.